The minimum Gasteiger partial charge on any atom is -0.497 e. The van der Waals surface area contributed by atoms with Crippen molar-refractivity contribution in [2.75, 3.05) is 7.11 Å². The lowest BCUT2D eigenvalue weighted by Gasteiger charge is -2.24. The normalized spacial score (nSPS) is 16.7. The summed E-state index contributed by atoms with van der Waals surface area (Å²) >= 11 is 10.7. The van der Waals surface area contributed by atoms with E-state index in [2.05, 4.69) is 16.7 Å². The van der Waals surface area contributed by atoms with Crippen LogP contribution in [0.4, 0.5) is 10.1 Å². The van der Waals surface area contributed by atoms with E-state index >= 15 is 0 Å². The van der Waals surface area contributed by atoms with Crippen molar-refractivity contribution in [3.8, 4) is 11.4 Å². The summed E-state index contributed by atoms with van der Waals surface area (Å²) in [6.45, 7) is 0. The molecule has 0 radical (unpaired) electrons. The van der Waals surface area contributed by atoms with Crippen LogP contribution in [0.2, 0.25) is 0 Å². The number of hydrogen-bond donors (Lipinski definition) is 0. The summed E-state index contributed by atoms with van der Waals surface area (Å²) in [4.78, 5) is 6.03. The van der Waals surface area contributed by atoms with Gasteiger partial charge in [-0.1, -0.05) is 42.1 Å². The van der Waals surface area contributed by atoms with Crippen molar-refractivity contribution in [2.24, 2.45) is 4.99 Å². The summed E-state index contributed by atoms with van der Waals surface area (Å²) < 4.78 is 22.5. The van der Waals surface area contributed by atoms with Gasteiger partial charge in [-0.3, -0.25) is 4.57 Å². The van der Waals surface area contributed by atoms with Crippen molar-refractivity contribution < 1.29 is 9.13 Å². The maximum atomic E-state index is 13.4. The highest BCUT2D eigenvalue weighted by atomic mass is 32.2. The van der Waals surface area contributed by atoms with Gasteiger partial charge >= 0.3 is 0 Å². The lowest BCUT2D eigenvalue weighted by Crippen LogP contribution is -2.08. The molecule has 0 spiro atoms. The van der Waals surface area contributed by atoms with E-state index in [1.54, 1.807) is 54.1 Å². The van der Waals surface area contributed by atoms with Gasteiger partial charge in [0.25, 0.3) is 0 Å². The Bertz CT molecular complexity index is 1330. The number of thioether (sulfide) groups is 2. The summed E-state index contributed by atoms with van der Waals surface area (Å²) in [5, 5.41) is 1.15. The molecular weight excluding hydrogens is 480 g/mol. The molecule has 1 aromatic heterocycles. The number of benzene rings is 3. The van der Waals surface area contributed by atoms with Gasteiger partial charge in [0.05, 0.1) is 22.9 Å². The zero-order chi connectivity index (χ0) is 22.1. The zero-order valence-electron chi connectivity index (χ0n) is 16.9. The lowest BCUT2D eigenvalue weighted by atomic mass is 10.1. The van der Waals surface area contributed by atoms with Gasteiger partial charge in [-0.25, -0.2) is 9.38 Å². The number of aliphatic imine (C=N–C) groups is 1. The van der Waals surface area contributed by atoms with E-state index in [-0.39, 0.29) is 11.1 Å². The van der Waals surface area contributed by atoms with Crippen molar-refractivity contribution in [2.45, 2.75) is 10.3 Å². The van der Waals surface area contributed by atoms with E-state index < -0.39 is 0 Å². The van der Waals surface area contributed by atoms with Crippen LogP contribution < -0.4 is 4.74 Å². The molecule has 3 aromatic carbocycles. The van der Waals surface area contributed by atoms with Gasteiger partial charge in [-0.05, 0) is 78.1 Å². The Balaban J connectivity index is 1.64. The minimum atomic E-state index is -0.270. The number of hydrogen-bond acceptors (Lipinski definition) is 6. The molecule has 1 atom stereocenters. The first-order valence-electron chi connectivity index (χ1n) is 9.76. The van der Waals surface area contributed by atoms with E-state index in [4.69, 9.17) is 21.9 Å². The van der Waals surface area contributed by atoms with Gasteiger partial charge in [0.15, 0.2) is 3.95 Å². The number of thiazole rings is 1. The van der Waals surface area contributed by atoms with Crippen molar-refractivity contribution in [3.63, 3.8) is 0 Å². The largest absolute Gasteiger partial charge is 0.497 e. The minimum absolute atomic E-state index is 0.0813. The van der Waals surface area contributed by atoms with Crippen LogP contribution in [0.5, 0.6) is 5.75 Å². The second kappa shape index (κ2) is 9.23. The van der Waals surface area contributed by atoms with Gasteiger partial charge in [0, 0.05) is 5.69 Å². The molecule has 0 aliphatic carbocycles. The van der Waals surface area contributed by atoms with Crippen molar-refractivity contribution in [1.82, 2.24) is 4.57 Å². The number of methoxy groups -OCH3 is 1. The number of aromatic nitrogens is 1. The van der Waals surface area contributed by atoms with Crippen LogP contribution in [0.3, 0.4) is 0 Å². The van der Waals surface area contributed by atoms with E-state index in [0.29, 0.717) is 0 Å². The molecule has 8 heteroatoms. The Morgan fingerprint density at radius 3 is 2.38 bits per heavy atom. The average molecular weight is 497 g/mol. The van der Waals surface area contributed by atoms with Gasteiger partial charge in [0.1, 0.15) is 21.0 Å². The van der Waals surface area contributed by atoms with Gasteiger partial charge in [-0.2, -0.15) is 0 Å². The van der Waals surface area contributed by atoms with E-state index in [0.717, 1.165) is 30.5 Å². The third-order valence-electron chi connectivity index (χ3n) is 4.91. The fraction of sp³-hybridized carbons (Fsp3) is 0.0833. The Morgan fingerprint density at radius 2 is 1.69 bits per heavy atom. The van der Waals surface area contributed by atoms with E-state index in [1.807, 2.05) is 42.5 Å². The van der Waals surface area contributed by atoms with Crippen LogP contribution in [-0.2, 0) is 0 Å². The van der Waals surface area contributed by atoms with E-state index in [9.17, 15) is 4.39 Å². The summed E-state index contributed by atoms with van der Waals surface area (Å²) in [5.41, 5.74) is 2.91. The second-order valence-electron chi connectivity index (χ2n) is 6.94. The molecule has 0 bridgehead atoms. The van der Waals surface area contributed by atoms with Crippen molar-refractivity contribution >= 4 is 57.1 Å². The standard InChI is InChI=1S/C24H17FN2OS4/c1-28-19-13-11-18(12-14-19)27-22-21(31-24(27)29)20(15-5-3-2-4-6-15)30-23(32-22)26-17-9-7-16(25)8-10-17/h2-14,20H,1H3. The molecule has 1 unspecified atom stereocenters. The Labute approximate surface area is 203 Å². The van der Waals surface area contributed by atoms with Crippen LogP contribution in [-0.4, -0.2) is 16.1 Å². The number of ether oxygens (including phenoxy) is 1. The summed E-state index contributed by atoms with van der Waals surface area (Å²) in [6, 6.07) is 24.5. The lowest BCUT2D eigenvalue weighted by molar-refractivity contribution is 0.414. The van der Waals surface area contributed by atoms with Crippen molar-refractivity contribution in [3.05, 3.63) is 99.1 Å². The van der Waals surface area contributed by atoms with Crippen LogP contribution >= 0.6 is 47.1 Å². The Morgan fingerprint density at radius 1 is 0.969 bits per heavy atom. The average Bonchev–Trinajstić information content (AvgIpc) is 3.16. The van der Waals surface area contributed by atoms with Gasteiger partial charge in [-0.15, -0.1) is 11.3 Å². The smallest absolute Gasteiger partial charge is 0.166 e. The third kappa shape index (κ3) is 4.28. The summed E-state index contributed by atoms with van der Waals surface area (Å²) in [6.07, 6.45) is 0. The predicted molar refractivity (Wildman–Crippen MR) is 136 cm³/mol. The highest BCUT2D eigenvalue weighted by Gasteiger charge is 2.32. The zero-order valence-corrected chi connectivity index (χ0v) is 20.2. The molecule has 1 aliphatic rings. The number of nitrogens with zero attached hydrogens (tertiary/aromatic N) is 2. The molecule has 0 saturated heterocycles. The van der Waals surface area contributed by atoms with Crippen LogP contribution in [0.15, 0.2) is 88.9 Å². The summed E-state index contributed by atoms with van der Waals surface area (Å²) in [7, 11) is 1.66. The third-order valence-corrected chi connectivity index (χ3v) is 9.07. The van der Waals surface area contributed by atoms with Gasteiger partial charge in [0.2, 0.25) is 0 Å². The topological polar surface area (TPSA) is 26.5 Å². The Kier molecular flexibility index (Phi) is 6.19. The first kappa shape index (κ1) is 21.5. The van der Waals surface area contributed by atoms with Crippen LogP contribution in [0, 0.1) is 9.77 Å². The number of fused-ring (bicyclic) bond motifs is 1. The molecule has 3 nitrogen and oxygen atoms in total. The summed E-state index contributed by atoms with van der Waals surface area (Å²) in [5.74, 6) is 0.529. The SMILES string of the molecule is COc1ccc(-n2c3c(sc2=S)C(c2ccccc2)SC(=Nc2ccc(F)cc2)S3)cc1. The molecule has 0 fully saturated rings. The molecule has 32 heavy (non-hydrogen) atoms. The molecule has 2 heterocycles. The van der Waals surface area contributed by atoms with E-state index in [1.165, 1.54) is 22.6 Å². The van der Waals surface area contributed by atoms with Gasteiger partial charge < -0.3 is 4.74 Å². The molecule has 0 amide bonds. The number of halogens is 1. The maximum absolute atomic E-state index is 13.4. The molecule has 1 aliphatic heterocycles. The van der Waals surface area contributed by atoms with Crippen molar-refractivity contribution in [1.29, 1.82) is 0 Å². The molecule has 4 aromatic rings. The fourth-order valence-electron chi connectivity index (χ4n) is 3.37. The number of rotatable bonds is 4. The predicted octanol–water partition coefficient (Wildman–Crippen LogP) is 8.03. The molecule has 160 valence electrons. The molecular formula is C24H17FN2OS4. The van der Waals surface area contributed by atoms with Crippen LogP contribution in [0.25, 0.3) is 5.69 Å². The first-order chi connectivity index (χ1) is 15.6. The molecule has 0 N–H and O–H groups in total. The molecule has 5 rings (SSSR count). The molecule has 0 saturated carbocycles. The second-order valence-corrected chi connectivity index (χ2v) is 10.9. The Hall–Kier alpha value is -2.39. The highest BCUT2D eigenvalue weighted by Crippen LogP contribution is 2.52. The van der Waals surface area contributed by atoms with Crippen LogP contribution in [0.1, 0.15) is 15.7 Å². The first-order valence-corrected chi connectivity index (χ1v) is 12.7. The maximum Gasteiger partial charge on any atom is 0.166 e. The highest BCUT2D eigenvalue weighted by molar-refractivity contribution is 8.39. The fourth-order valence-corrected chi connectivity index (χ4v) is 7.88. The quantitative estimate of drug-likeness (QED) is 0.267. The monoisotopic (exact) mass is 496 g/mol.